The molecule has 2 heteroatoms. The molecule has 0 aromatic heterocycles. The molecule has 0 aliphatic rings. The average Bonchev–Trinajstić information content (AvgIpc) is 2.55. The first kappa shape index (κ1) is 16.1. The van der Waals surface area contributed by atoms with Gasteiger partial charge < -0.3 is 5.32 Å². The van der Waals surface area contributed by atoms with Gasteiger partial charge in [-0.1, -0.05) is 49.7 Å². The molecule has 0 amide bonds. The van der Waals surface area contributed by atoms with Crippen molar-refractivity contribution in [3.63, 3.8) is 0 Å². The van der Waals surface area contributed by atoms with Gasteiger partial charge in [-0.05, 0) is 55.0 Å². The molecular weight excluding hydrogens is 274 g/mol. The van der Waals surface area contributed by atoms with Crippen LogP contribution in [0.25, 0.3) is 0 Å². The van der Waals surface area contributed by atoms with Crippen LogP contribution in [0.15, 0.2) is 53.4 Å². The fourth-order valence-electron chi connectivity index (χ4n) is 2.58. The van der Waals surface area contributed by atoms with Crippen LogP contribution >= 0.6 is 11.8 Å². The Morgan fingerprint density at radius 3 is 2.00 bits per heavy atom. The minimum atomic E-state index is 0.265. The van der Waals surface area contributed by atoms with Gasteiger partial charge in [-0.3, -0.25) is 0 Å². The Morgan fingerprint density at radius 1 is 0.952 bits per heavy atom. The van der Waals surface area contributed by atoms with E-state index in [2.05, 4.69) is 67.0 Å². The van der Waals surface area contributed by atoms with Crippen molar-refractivity contribution in [1.29, 1.82) is 0 Å². The molecule has 0 aliphatic carbocycles. The molecule has 1 N–H and O–H groups in total. The fraction of sp³-hybridized carbons (Fsp3) is 0.368. The first-order chi connectivity index (χ1) is 10.3. The third-order valence-electron chi connectivity index (χ3n) is 3.87. The van der Waals surface area contributed by atoms with Crippen molar-refractivity contribution >= 4 is 11.8 Å². The molecule has 2 aromatic carbocycles. The van der Waals surface area contributed by atoms with Crippen molar-refractivity contribution in [3.8, 4) is 0 Å². The lowest BCUT2D eigenvalue weighted by atomic mass is 9.97. The Hall–Kier alpha value is -1.25. The van der Waals surface area contributed by atoms with Crippen molar-refractivity contribution in [2.45, 2.75) is 37.1 Å². The summed E-state index contributed by atoms with van der Waals surface area (Å²) in [5.74, 6) is 0. The molecule has 0 spiro atoms. The first-order valence-electron chi connectivity index (χ1n) is 7.68. The van der Waals surface area contributed by atoms with Crippen LogP contribution in [0.2, 0.25) is 0 Å². The zero-order valence-corrected chi connectivity index (χ0v) is 14.0. The lowest BCUT2D eigenvalue weighted by molar-refractivity contribution is 0.690. The molecule has 0 aliphatic heterocycles. The summed E-state index contributed by atoms with van der Waals surface area (Å²) < 4.78 is 0. The molecule has 0 fully saturated rings. The second-order valence-electron chi connectivity index (χ2n) is 5.34. The van der Waals surface area contributed by atoms with Crippen LogP contribution in [0.1, 0.15) is 42.5 Å². The van der Waals surface area contributed by atoms with Gasteiger partial charge in [0.05, 0.1) is 6.04 Å². The maximum atomic E-state index is 3.43. The number of thioether (sulfide) groups is 1. The topological polar surface area (TPSA) is 12.0 Å². The van der Waals surface area contributed by atoms with Crippen molar-refractivity contribution in [1.82, 2.24) is 5.32 Å². The standard InChI is InChI=1S/C19H25NS/c1-4-5-6-15-7-9-16(10-8-15)19(20-2)17-11-13-18(21-3)14-12-17/h7-14,19-20H,4-6H2,1-3H3. The van der Waals surface area contributed by atoms with Crippen LogP contribution in [0.5, 0.6) is 0 Å². The molecule has 0 heterocycles. The number of aryl methyl sites for hydroxylation is 1. The van der Waals surface area contributed by atoms with Gasteiger partial charge in [0.15, 0.2) is 0 Å². The number of benzene rings is 2. The Labute approximate surface area is 133 Å². The molecule has 0 bridgehead atoms. The summed E-state index contributed by atoms with van der Waals surface area (Å²) in [6.45, 7) is 2.24. The molecule has 1 unspecified atom stereocenters. The van der Waals surface area contributed by atoms with Crippen LogP contribution in [0.4, 0.5) is 0 Å². The average molecular weight is 299 g/mol. The van der Waals surface area contributed by atoms with Crippen molar-refractivity contribution in [3.05, 3.63) is 65.2 Å². The van der Waals surface area contributed by atoms with Crippen LogP contribution < -0.4 is 5.32 Å². The molecule has 21 heavy (non-hydrogen) atoms. The molecule has 0 radical (unpaired) electrons. The Balaban J connectivity index is 2.15. The normalized spacial score (nSPS) is 12.3. The minimum Gasteiger partial charge on any atom is -0.309 e. The van der Waals surface area contributed by atoms with Gasteiger partial charge >= 0.3 is 0 Å². The molecule has 2 rings (SSSR count). The molecule has 112 valence electrons. The van der Waals surface area contributed by atoms with Crippen LogP contribution in [0.3, 0.4) is 0 Å². The van der Waals surface area contributed by atoms with E-state index in [4.69, 9.17) is 0 Å². The molecule has 1 nitrogen and oxygen atoms in total. The Kier molecular flexibility index (Phi) is 6.34. The van der Waals surface area contributed by atoms with Gasteiger partial charge in [-0.25, -0.2) is 0 Å². The lowest BCUT2D eigenvalue weighted by Gasteiger charge is -2.18. The Bertz CT molecular complexity index is 530. The van der Waals surface area contributed by atoms with E-state index in [9.17, 15) is 0 Å². The molecule has 0 saturated heterocycles. The highest BCUT2D eigenvalue weighted by atomic mass is 32.2. The summed E-state index contributed by atoms with van der Waals surface area (Å²) in [6.07, 6.45) is 5.82. The van der Waals surface area contributed by atoms with E-state index in [1.165, 1.54) is 40.8 Å². The zero-order valence-electron chi connectivity index (χ0n) is 13.2. The summed E-state index contributed by atoms with van der Waals surface area (Å²) >= 11 is 1.78. The zero-order chi connectivity index (χ0) is 15.1. The van der Waals surface area contributed by atoms with Gasteiger partial charge in [0.1, 0.15) is 0 Å². The number of nitrogens with one attached hydrogen (secondary N) is 1. The van der Waals surface area contributed by atoms with Crippen LogP contribution in [-0.4, -0.2) is 13.3 Å². The number of rotatable bonds is 7. The van der Waals surface area contributed by atoms with Gasteiger partial charge in [-0.15, -0.1) is 11.8 Å². The van der Waals surface area contributed by atoms with Crippen molar-refractivity contribution in [2.75, 3.05) is 13.3 Å². The third-order valence-corrected chi connectivity index (χ3v) is 4.61. The number of hydrogen-bond acceptors (Lipinski definition) is 2. The largest absolute Gasteiger partial charge is 0.309 e. The van der Waals surface area contributed by atoms with E-state index in [1.54, 1.807) is 11.8 Å². The summed E-state index contributed by atoms with van der Waals surface area (Å²) in [4.78, 5) is 1.31. The van der Waals surface area contributed by atoms with E-state index < -0.39 is 0 Å². The molecule has 1 atom stereocenters. The Morgan fingerprint density at radius 2 is 1.52 bits per heavy atom. The monoisotopic (exact) mass is 299 g/mol. The van der Waals surface area contributed by atoms with E-state index in [1.807, 2.05) is 7.05 Å². The van der Waals surface area contributed by atoms with E-state index in [-0.39, 0.29) is 6.04 Å². The maximum Gasteiger partial charge on any atom is 0.0574 e. The highest BCUT2D eigenvalue weighted by Gasteiger charge is 2.11. The highest BCUT2D eigenvalue weighted by molar-refractivity contribution is 7.98. The lowest BCUT2D eigenvalue weighted by Crippen LogP contribution is -2.17. The van der Waals surface area contributed by atoms with Crippen molar-refractivity contribution < 1.29 is 0 Å². The van der Waals surface area contributed by atoms with E-state index in [0.717, 1.165) is 0 Å². The maximum absolute atomic E-state index is 3.43. The van der Waals surface area contributed by atoms with Crippen LogP contribution in [-0.2, 0) is 6.42 Å². The van der Waals surface area contributed by atoms with Gasteiger partial charge in [0, 0.05) is 4.90 Å². The second-order valence-corrected chi connectivity index (χ2v) is 6.22. The van der Waals surface area contributed by atoms with Gasteiger partial charge in [-0.2, -0.15) is 0 Å². The van der Waals surface area contributed by atoms with E-state index >= 15 is 0 Å². The molecule has 2 aromatic rings. The molecular formula is C19H25NS. The van der Waals surface area contributed by atoms with Crippen LogP contribution in [0, 0.1) is 0 Å². The summed E-state index contributed by atoms with van der Waals surface area (Å²) in [5.41, 5.74) is 4.08. The predicted molar refractivity (Wildman–Crippen MR) is 94.2 cm³/mol. The molecule has 0 saturated carbocycles. The first-order valence-corrected chi connectivity index (χ1v) is 8.91. The second kappa shape index (κ2) is 8.26. The minimum absolute atomic E-state index is 0.265. The summed E-state index contributed by atoms with van der Waals surface area (Å²) in [5, 5.41) is 3.43. The summed E-state index contributed by atoms with van der Waals surface area (Å²) in [7, 11) is 2.03. The number of unbranched alkanes of at least 4 members (excludes halogenated alkanes) is 1. The van der Waals surface area contributed by atoms with E-state index in [0.29, 0.717) is 0 Å². The predicted octanol–water partition coefficient (Wildman–Crippen LogP) is 5.06. The third kappa shape index (κ3) is 4.36. The van der Waals surface area contributed by atoms with Gasteiger partial charge in [0.25, 0.3) is 0 Å². The summed E-state index contributed by atoms with van der Waals surface area (Å²) in [6, 6.07) is 18.2. The smallest absolute Gasteiger partial charge is 0.0574 e. The number of hydrogen-bond donors (Lipinski definition) is 1. The fourth-order valence-corrected chi connectivity index (χ4v) is 2.99. The SMILES string of the molecule is CCCCc1ccc(C(NC)c2ccc(SC)cc2)cc1. The quantitative estimate of drug-likeness (QED) is 0.717. The highest BCUT2D eigenvalue weighted by Crippen LogP contribution is 2.24. The van der Waals surface area contributed by atoms with Crippen molar-refractivity contribution in [2.24, 2.45) is 0 Å². The van der Waals surface area contributed by atoms with Gasteiger partial charge in [0.2, 0.25) is 0 Å².